The number of rotatable bonds is 8. The molecule has 0 atom stereocenters. The van der Waals surface area contributed by atoms with Gasteiger partial charge in [0.15, 0.2) is 0 Å². The number of carbonyl (C=O) groups excluding carboxylic acids is 1. The molecule has 1 N–H and O–H groups in total. The lowest BCUT2D eigenvalue weighted by molar-refractivity contribution is 0.184. The fourth-order valence-electron chi connectivity index (χ4n) is 2.87. The van der Waals surface area contributed by atoms with Gasteiger partial charge in [-0.3, -0.25) is 0 Å². The maximum atomic E-state index is 12.6. The number of hydrogen-bond acceptors (Lipinski definition) is 3. The van der Waals surface area contributed by atoms with E-state index in [9.17, 15) is 4.79 Å². The van der Waals surface area contributed by atoms with Crippen LogP contribution in [0.4, 0.5) is 4.79 Å². The summed E-state index contributed by atoms with van der Waals surface area (Å²) in [5.41, 5.74) is 3.80. The fraction of sp³-hybridized carbons (Fsp3) is 0.524. The number of nitrogens with one attached hydrogen (secondary N) is 1. The van der Waals surface area contributed by atoms with Gasteiger partial charge in [0.1, 0.15) is 5.82 Å². The molecule has 0 radical (unpaired) electrons. The molecule has 2 aromatic rings. The molecule has 0 saturated carbocycles. The predicted octanol–water partition coefficient (Wildman–Crippen LogP) is 3.03. The average molecular weight is 372 g/mol. The minimum absolute atomic E-state index is 0.0480. The third-order valence-corrected chi connectivity index (χ3v) is 4.50. The summed E-state index contributed by atoms with van der Waals surface area (Å²) in [6.07, 6.45) is 3.80. The fourth-order valence-corrected chi connectivity index (χ4v) is 2.87. The summed E-state index contributed by atoms with van der Waals surface area (Å²) in [5.74, 6) is 0.897. The van der Waals surface area contributed by atoms with Gasteiger partial charge >= 0.3 is 6.03 Å². The van der Waals surface area contributed by atoms with Gasteiger partial charge in [-0.05, 0) is 52.9 Å². The zero-order valence-electron chi connectivity index (χ0n) is 17.5. The van der Waals surface area contributed by atoms with E-state index in [0.717, 1.165) is 18.9 Å². The third-order valence-electron chi connectivity index (χ3n) is 4.50. The Labute approximate surface area is 163 Å². The zero-order chi connectivity index (χ0) is 20.0. The quantitative estimate of drug-likeness (QED) is 0.776. The van der Waals surface area contributed by atoms with Crippen molar-refractivity contribution in [3.8, 4) is 0 Å². The number of likely N-dealkylation sites (N-methyl/N-ethyl adjacent to an activating group) is 1. The summed E-state index contributed by atoms with van der Waals surface area (Å²) >= 11 is 0. The Hall–Kier alpha value is -2.34. The first kappa shape index (κ1) is 21.0. The van der Waals surface area contributed by atoms with Crippen molar-refractivity contribution in [1.82, 2.24) is 24.7 Å². The lowest BCUT2D eigenvalue weighted by Crippen LogP contribution is -2.45. The number of amides is 2. The maximum Gasteiger partial charge on any atom is 0.318 e. The largest absolute Gasteiger partial charge is 0.336 e. The van der Waals surface area contributed by atoms with Crippen LogP contribution in [0.15, 0.2) is 30.6 Å². The van der Waals surface area contributed by atoms with Gasteiger partial charge in [0, 0.05) is 38.1 Å². The Morgan fingerprint density at radius 3 is 2.63 bits per heavy atom. The first-order valence-electron chi connectivity index (χ1n) is 9.52. The van der Waals surface area contributed by atoms with Crippen LogP contribution in [0.25, 0.3) is 0 Å². The number of urea groups is 1. The number of nitrogens with zero attached hydrogens (tertiary/aromatic N) is 4. The van der Waals surface area contributed by atoms with Crippen molar-refractivity contribution in [3.05, 3.63) is 53.1 Å². The van der Waals surface area contributed by atoms with E-state index >= 15 is 0 Å². The molecule has 1 aromatic heterocycles. The Bertz CT molecular complexity index is 751. The van der Waals surface area contributed by atoms with E-state index in [1.807, 2.05) is 45.2 Å². The summed E-state index contributed by atoms with van der Waals surface area (Å²) in [4.78, 5) is 21.1. The van der Waals surface area contributed by atoms with Gasteiger partial charge in [-0.25, -0.2) is 9.78 Å². The lowest BCUT2D eigenvalue weighted by atomic mass is 10.1. The van der Waals surface area contributed by atoms with Crippen LogP contribution < -0.4 is 5.32 Å². The van der Waals surface area contributed by atoms with Crippen molar-refractivity contribution >= 4 is 6.03 Å². The van der Waals surface area contributed by atoms with Gasteiger partial charge < -0.3 is 19.7 Å². The van der Waals surface area contributed by atoms with E-state index in [0.29, 0.717) is 13.1 Å². The van der Waals surface area contributed by atoms with E-state index in [1.54, 1.807) is 0 Å². The predicted molar refractivity (Wildman–Crippen MR) is 110 cm³/mol. The van der Waals surface area contributed by atoms with Crippen molar-refractivity contribution in [2.24, 2.45) is 0 Å². The minimum Gasteiger partial charge on any atom is -0.336 e. The number of benzene rings is 1. The Kier molecular flexibility index (Phi) is 7.42. The van der Waals surface area contributed by atoms with Gasteiger partial charge in [0.05, 0.1) is 6.54 Å². The highest BCUT2D eigenvalue weighted by Gasteiger charge is 2.17. The van der Waals surface area contributed by atoms with E-state index < -0.39 is 0 Å². The molecule has 0 spiro atoms. The number of hydrogen-bond donors (Lipinski definition) is 1. The Balaban J connectivity index is 2.17. The number of aromatic nitrogens is 2. The van der Waals surface area contributed by atoms with Gasteiger partial charge in [-0.15, -0.1) is 0 Å². The topological polar surface area (TPSA) is 53.4 Å². The van der Waals surface area contributed by atoms with Gasteiger partial charge in [-0.2, -0.15) is 0 Å². The van der Waals surface area contributed by atoms with Crippen molar-refractivity contribution in [3.63, 3.8) is 0 Å². The highest BCUT2D eigenvalue weighted by molar-refractivity contribution is 5.74. The second kappa shape index (κ2) is 9.55. The Morgan fingerprint density at radius 2 is 1.96 bits per heavy atom. The molecule has 0 bridgehead atoms. The molecule has 2 amide bonds. The van der Waals surface area contributed by atoms with Crippen LogP contribution >= 0.6 is 0 Å². The van der Waals surface area contributed by atoms with Gasteiger partial charge in [0.2, 0.25) is 0 Å². The normalized spacial score (nSPS) is 11.3. The standard InChI is InChI=1S/C21H33N5O/c1-16(2)23-21(27)26(12-11-24(5)6)15-20-22-9-10-25(20)14-19-13-17(3)7-8-18(19)4/h7-10,13,16H,11-12,14-15H2,1-6H3,(H,23,27). The summed E-state index contributed by atoms with van der Waals surface area (Å²) in [6.45, 7) is 10.9. The van der Waals surface area contributed by atoms with Crippen molar-refractivity contribution < 1.29 is 4.79 Å². The van der Waals surface area contributed by atoms with Crippen LogP contribution in [0.2, 0.25) is 0 Å². The summed E-state index contributed by atoms with van der Waals surface area (Å²) in [5, 5.41) is 3.00. The van der Waals surface area contributed by atoms with Crippen LogP contribution in [0.3, 0.4) is 0 Å². The zero-order valence-corrected chi connectivity index (χ0v) is 17.5. The molecule has 148 valence electrons. The van der Waals surface area contributed by atoms with Crippen LogP contribution in [0.5, 0.6) is 0 Å². The molecule has 6 heteroatoms. The van der Waals surface area contributed by atoms with E-state index in [4.69, 9.17) is 0 Å². The van der Waals surface area contributed by atoms with E-state index in [1.165, 1.54) is 16.7 Å². The first-order valence-corrected chi connectivity index (χ1v) is 9.52. The number of carbonyl (C=O) groups is 1. The SMILES string of the molecule is Cc1ccc(C)c(Cn2ccnc2CN(CCN(C)C)C(=O)NC(C)C)c1. The smallest absolute Gasteiger partial charge is 0.318 e. The summed E-state index contributed by atoms with van der Waals surface area (Å²) in [7, 11) is 4.03. The molecule has 0 aliphatic carbocycles. The minimum atomic E-state index is -0.0480. The molecular formula is C21H33N5O. The average Bonchev–Trinajstić information content (AvgIpc) is 3.00. The van der Waals surface area contributed by atoms with E-state index in [-0.39, 0.29) is 12.1 Å². The van der Waals surface area contributed by atoms with Crippen molar-refractivity contribution in [2.75, 3.05) is 27.2 Å². The molecule has 0 fully saturated rings. The molecule has 27 heavy (non-hydrogen) atoms. The Morgan fingerprint density at radius 1 is 1.22 bits per heavy atom. The molecule has 0 aliphatic heterocycles. The molecule has 0 aliphatic rings. The van der Waals surface area contributed by atoms with E-state index in [2.05, 4.69) is 51.8 Å². The lowest BCUT2D eigenvalue weighted by Gasteiger charge is -2.26. The number of imidazole rings is 1. The van der Waals surface area contributed by atoms with Crippen LogP contribution in [-0.2, 0) is 13.1 Å². The molecule has 1 aromatic carbocycles. The maximum absolute atomic E-state index is 12.6. The monoisotopic (exact) mass is 371 g/mol. The first-order chi connectivity index (χ1) is 12.8. The molecule has 0 unspecified atom stereocenters. The molecule has 1 heterocycles. The molecule has 2 rings (SSSR count). The van der Waals surface area contributed by atoms with Crippen molar-refractivity contribution in [2.45, 2.75) is 46.8 Å². The highest BCUT2D eigenvalue weighted by Crippen LogP contribution is 2.14. The second-order valence-electron chi connectivity index (χ2n) is 7.73. The molecule has 0 saturated heterocycles. The van der Waals surface area contributed by atoms with Gasteiger partial charge in [0.25, 0.3) is 0 Å². The summed E-state index contributed by atoms with van der Waals surface area (Å²) < 4.78 is 2.13. The van der Waals surface area contributed by atoms with Crippen LogP contribution in [-0.4, -0.2) is 58.6 Å². The molecule has 6 nitrogen and oxygen atoms in total. The number of aryl methyl sites for hydroxylation is 2. The van der Waals surface area contributed by atoms with Crippen LogP contribution in [0.1, 0.15) is 36.4 Å². The third kappa shape index (κ3) is 6.40. The molecular weight excluding hydrogens is 338 g/mol. The van der Waals surface area contributed by atoms with Crippen LogP contribution in [0, 0.1) is 13.8 Å². The van der Waals surface area contributed by atoms with Crippen molar-refractivity contribution in [1.29, 1.82) is 0 Å². The highest BCUT2D eigenvalue weighted by atomic mass is 16.2. The summed E-state index contributed by atoms with van der Waals surface area (Å²) in [6, 6.07) is 6.56. The van der Waals surface area contributed by atoms with Gasteiger partial charge in [-0.1, -0.05) is 23.8 Å². The second-order valence-corrected chi connectivity index (χ2v) is 7.73.